The second-order valence-corrected chi connectivity index (χ2v) is 5.62. The van der Waals surface area contributed by atoms with E-state index in [1.807, 2.05) is 54.6 Å². The molecule has 0 saturated carbocycles. The first-order valence-corrected chi connectivity index (χ1v) is 7.72. The van der Waals surface area contributed by atoms with E-state index in [2.05, 4.69) is 0 Å². The highest BCUT2D eigenvalue weighted by atomic mass is 16.6. The molecule has 0 radical (unpaired) electrons. The summed E-state index contributed by atoms with van der Waals surface area (Å²) in [6, 6.07) is 17.5. The zero-order valence-electron chi connectivity index (χ0n) is 13.1. The van der Waals surface area contributed by atoms with Crippen LogP contribution in [0.15, 0.2) is 54.6 Å². The minimum atomic E-state index is -0.216. The molecule has 0 aromatic heterocycles. The van der Waals surface area contributed by atoms with Crippen molar-refractivity contribution in [3.8, 4) is 5.75 Å². The summed E-state index contributed by atoms with van der Waals surface area (Å²) in [6.07, 6.45) is 0.471. The van der Waals surface area contributed by atoms with Crippen LogP contribution in [0.2, 0.25) is 0 Å². The molecule has 1 heterocycles. The molecule has 3 rings (SSSR count). The van der Waals surface area contributed by atoms with Gasteiger partial charge in [-0.05, 0) is 23.3 Å². The molecular weight excluding hydrogens is 292 g/mol. The quantitative estimate of drug-likeness (QED) is 0.768. The van der Waals surface area contributed by atoms with E-state index in [0.717, 1.165) is 16.9 Å². The second-order valence-electron chi connectivity index (χ2n) is 5.62. The van der Waals surface area contributed by atoms with Crippen LogP contribution in [-0.4, -0.2) is 25.8 Å². The highest BCUT2D eigenvalue weighted by molar-refractivity contribution is 5.80. The number of hydrogen-bond donors (Lipinski definition) is 0. The summed E-state index contributed by atoms with van der Waals surface area (Å²) in [5.41, 5.74) is 2.07. The lowest BCUT2D eigenvalue weighted by Gasteiger charge is -2.10. The Balaban J connectivity index is 1.52. The first-order valence-electron chi connectivity index (χ1n) is 7.72. The van der Waals surface area contributed by atoms with E-state index >= 15 is 0 Å². The molecule has 1 fully saturated rings. The summed E-state index contributed by atoms with van der Waals surface area (Å²) in [7, 11) is 1.62. The normalized spacial score (nSPS) is 20.3. The maximum absolute atomic E-state index is 12.1. The topological polar surface area (TPSA) is 44.8 Å². The number of rotatable bonds is 6. The van der Waals surface area contributed by atoms with Crippen molar-refractivity contribution < 1.29 is 19.0 Å². The fourth-order valence-corrected chi connectivity index (χ4v) is 2.75. The van der Waals surface area contributed by atoms with Crippen molar-refractivity contribution in [3.05, 3.63) is 65.7 Å². The number of carbonyl (C=O) groups is 1. The van der Waals surface area contributed by atoms with Gasteiger partial charge in [-0.3, -0.25) is 4.79 Å². The van der Waals surface area contributed by atoms with Crippen molar-refractivity contribution in [1.29, 1.82) is 0 Å². The van der Waals surface area contributed by atoms with Crippen LogP contribution in [0, 0.1) is 0 Å². The summed E-state index contributed by atoms with van der Waals surface area (Å²) in [5, 5.41) is 0. The second kappa shape index (κ2) is 7.29. The summed E-state index contributed by atoms with van der Waals surface area (Å²) in [6.45, 7) is 0.954. The van der Waals surface area contributed by atoms with Crippen LogP contribution in [0.4, 0.5) is 0 Å². The lowest BCUT2D eigenvalue weighted by atomic mass is 9.96. The Kier molecular flexibility index (Phi) is 4.93. The van der Waals surface area contributed by atoms with Crippen LogP contribution in [0.25, 0.3) is 0 Å². The van der Waals surface area contributed by atoms with Crippen molar-refractivity contribution in [2.45, 2.75) is 25.0 Å². The molecule has 0 unspecified atom stereocenters. The lowest BCUT2D eigenvalue weighted by Crippen LogP contribution is -2.14. The largest absolute Gasteiger partial charge is 0.497 e. The van der Waals surface area contributed by atoms with Gasteiger partial charge in [0.05, 0.1) is 26.2 Å². The van der Waals surface area contributed by atoms with E-state index in [0.29, 0.717) is 19.6 Å². The Morgan fingerprint density at radius 1 is 1.09 bits per heavy atom. The molecule has 2 aromatic carbocycles. The zero-order chi connectivity index (χ0) is 16.1. The van der Waals surface area contributed by atoms with Gasteiger partial charge in [-0.2, -0.15) is 0 Å². The van der Waals surface area contributed by atoms with Gasteiger partial charge in [0.15, 0.2) is 0 Å². The summed E-state index contributed by atoms with van der Waals surface area (Å²) in [4.78, 5) is 12.1. The van der Waals surface area contributed by atoms with E-state index in [4.69, 9.17) is 14.2 Å². The molecule has 2 atom stereocenters. The molecule has 23 heavy (non-hydrogen) atoms. The van der Waals surface area contributed by atoms with Gasteiger partial charge in [0, 0.05) is 6.42 Å². The highest BCUT2D eigenvalue weighted by Crippen LogP contribution is 2.31. The number of cyclic esters (lactones) is 1. The molecule has 0 spiro atoms. The van der Waals surface area contributed by atoms with Crippen LogP contribution in [0.3, 0.4) is 0 Å². The van der Waals surface area contributed by atoms with Gasteiger partial charge in [0.1, 0.15) is 11.9 Å². The van der Waals surface area contributed by atoms with Crippen molar-refractivity contribution in [3.63, 3.8) is 0 Å². The predicted molar refractivity (Wildman–Crippen MR) is 86.3 cm³/mol. The van der Waals surface area contributed by atoms with Gasteiger partial charge in [-0.1, -0.05) is 42.5 Å². The van der Waals surface area contributed by atoms with Crippen LogP contribution < -0.4 is 4.74 Å². The molecule has 1 aliphatic heterocycles. The third kappa shape index (κ3) is 3.90. The molecule has 1 saturated heterocycles. The van der Waals surface area contributed by atoms with Crippen LogP contribution in [-0.2, 0) is 20.9 Å². The zero-order valence-corrected chi connectivity index (χ0v) is 13.1. The maximum atomic E-state index is 12.1. The number of methoxy groups -OCH3 is 1. The average Bonchev–Trinajstić information content (AvgIpc) is 2.97. The highest BCUT2D eigenvalue weighted by Gasteiger charge is 2.35. The molecule has 0 aliphatic carbocycles. The summed E-state index contributed by atoms with van der Waals surface area (Å²) < 4.78 is 16.2. The smallest absolute Gasteiger partial charge is 0.313 e. The van der Waals surface area contributed by atoms with E-state index in [-0.39, 0.29) is 18.0 Å². The van der Waals surface area contributed by atoms with Gasteiger partial charge < -0.3 is 14.2 Å². The SMILES string of the molecule is COc1ccc([C@H]2C[C@H](COCc3ccccc3)OC2=O)cc1. The Morgan fingerprint density at radius 2 is 1.83 bits per heavy atom. The third-order valence-corrected chi connectivity index (χ3v) is 4.00. The molecule has 2 aromatic rings. The van der Waals surface area contributed by atoms with Crippen LogP contribution >= 0.6 is 0 Å². The van der Waals surface area contributed by atoms with Crippen molar-refractivity contribution in [2.24, 2.45) is 0 Å². The fraction of sp³-hybridized carbons (Fsp3) is 0.316. The minimum absolute atomic E-state index is 0.177. The molecule has 4 nitrogen and oxygen atoms in total. The molecule has 1 aliphatic rings. The summed E-state index contributed by atoms with van der Waals surface area (Å²) in [5.74, 6) is 0.387. The van der Waals surface area contributed by atoms with E-state index in [1.165, 1.54) is 0 Å². The lowest BCUT2D eigenvalue weighted by molar-refractivity contribution is -0.144. The predicted octanol–water partition coefficient (Wildman–Crippen LogP) is 3.31. The standard InChI is InChI=1S/C19H20O4/c1-21-16-9-7-15(8-10-16)18-11-17(23-19(18)20)13-22-12-14-5-3-2-4-6-14/h2-10,17-18H,11-13H2,1H3/t17-,18-/m1/s1. The van der Waals surface area contributed by atoms with E-state index in [1.54, 1.807) is 7.11 Å². The van der Waals surface area contributed by atoms with Crippen molar-refractivity contribution in [1.82, 2.24) is 0 Å². The molecule has 0 bridgehead atoms. The number of carbonyl (C=O) groups excluding carboxylic acids is 1. The number of ether oxygens (including phenoxy) is 3. The Hall–Kier alpha value is -2.33. The number of hydrogen-bond acceptors (Lipinski definition) is 4. The third-order valence-electron chi connectivity index (χ3n) is 4.00. The van der Waals surface area contributed by atoms with Crippen molar-refractivity contribution >= 4 is 5.97 Å². The minimum Gasteiger partial charge on any atom is -0.497 e. The molecule has 0 amide bonds. The monoisotopic (exact) mass is 312 g/mol. The number of benzene rings is 2. The Bertz CT molecular complexity index is 636. The first kappa shape index (κ1) is 15.6. The Morgan fingerprint density at radius 3 is 2.52 bits per heavy atom. The van der Waals surface area contributed by atoms with E-state index < -0.39 is 0 Å². The number of esters is 1. The van der Waals surface area contributed by atoms with Crippen LogP contribution in [0.5, 0.6) is 5.75 Å². The fourth-order valence-electron chi connectivity index (χ4n) is 2.75. The first-order chi connectivity index (χ1) is 11.3. The molecule has 120 valence electrons. The molecule has 0 N–H and O–H groups in total. The van der Waals surface area contributed by atoms with Crippen molar-refractivity contribution in [2.75, 3.05) is 13.7 Å². The maximum Gasteiger partial charge on any atom is 0.313 e. The summed E-state index contributed by atoms with van der Waals surface area (Å²) >= 11 is 0. The van der Waals surface area contributed by atoms with E-state index in [9.17, 15) is 4.79 Å². The van der Waals surface area contributed by atoms with Gasteiger partial charge in [-0.15, -0.1) is 0 Å². The average molecular weight is 312 g/mol. The van der Waals surface area contributed by atoms with Gasteiger partial charge in [0.2, 0.25) is 0 Å². The molecular formula is C19H20O4. The van der Waals surface area contributed by atoms with Gasteiger partial charge in [0.25, 0.3) is 0 Å². The van der Waals surface area contributed by atoms with Gasteiger partial charge >= 0.3 is 5.97 Å². The van der Waals surface area contributed by atoms with Crippen LogP contribution in [0.1, 0.15) is 23.5 Å². The Labute approximate surface area is 136 Å². The molecule has 4 heteroatoms. The van der Waals surface area contributed by atoms with Gasteiger partial charge in [-0.25, -0.2) is 0 Å².